The van der Waals surface area contributed by atoms with E-state index in [1.54, 1.807) is 31.2 Å². The normalized spacial score (nSPS) is 11.9. The third-order valence-corrected chi connectivity index (χ3v) is 8.54. The number of amides is 2. The van der Waals surface area contributed by atoms with Gasteiger partial charge in [0.25, 0.3) is 10.0 Å². The molecular formula is C28H31BrClN3O5S. The molecule has 208 valence electrons. The first-order valence-corrected chi connectivity index (χ1v) is 14.9. The first-order chi connectivity index (χ1) is 18.6. The number of anilines is 1. The number of rotatable bonds is 12. The van der Waals surface area contributed by atoms with Gasteiger partial charge in [-0.3, -0.25) is 13.9 Å². The van der Waals surface area contributed by atoms with Gasteiger partial charge in [-0.05, 0) is 61.4 Å². The highest BCUT2D eigenvalue weighted by Crippen LogP contribution is 2.35. The molecule has 0 heterocycles. The molecular weight excluding hydrogens is 606 g/mol. The van der Waals surface area contributed by atoms with Crippen LogP contribution in [0.5, 0.6) is 5.75 Å². The van der Waals surface area contributed by atoms with Gasteiger partial charge in [-0.1, -0.05) is 64.8 Å². The van der Waals surface area contributed by atoms with E-state index in [-0.39, 0.29) is 33.8 Å². The average Bonchev–Trinajstić information content (AvgIpc) is 2.94. The minimum Gasteiger partial charge on any atom is -0.495 e. The van der Waals surface area contributed by atoms with Gasteiger partial charge in [0.2, 0.25) is 11.8 Å². The summed E-state index contributed by atoms with van der Waals surface area (Å²) in [6.45, 7) is 3.52. The second-order valence-corrected chi connectivity index (χ2v) is 12.0. The number of nitrogens with one attached hydrogen (secondary N) is 1. The zero-order chi connectivity index (χ0) is 28.6. The van der Waals surface area contributed by atoms with Crippen molar-refractivity contribution in [2.75, 3.05) is 24.5 Å². The molecule has 8 nitrogen and oxygen atoms in total. The van der Waals surface area contributed by atoms with Crippen molar-refractivity contribution < 1.29 is 22.7 Å². The molecule has 3 rings (SSSR count). The molecule has 0 spiro atoms. The first-order valence-electron chi connectivity index (χ1n) is 12.3. The fourth-order valence-electron chi connectivity index (χ4n) is 3.86. The van der Waals surface area contributed by atoms with E-state index >= 15 is 0 Å². The molecule has 0 saturated heterocycles. The minimum atomic E-state index is -4.23. The van der Waals surface area contributed by atoms with Crippen LogP contribution in [0.4, 0.5) is 5.69 Å². The van der Waals surface area contributed by atoms with Crippen LogP contribution in [-0.4, -0.2) is 51.4 Å². The smallest absolute Gasteiger partial charge is 0.264 e. The van der Waals surface area contributed by atoms with Gasteiger partial charge < -0.3 is 15.0 Å². The van der Waals surface area contributed by atoms with Crippen LogP contribution in [0.3, 0.4) is 0 Å². The van der Waals surface area contributed by atoms with Gasteiger partial charge in [0.05, 0.1) is 17.7 Å². The third-order valence-electron chi connectivity index (χ3n) is 6.00. The summed E-state index contributed by atoms with van der Waals surface area (Å²) < 4.78 is 35.0. The summed E-state index contributed by atoms with van der Waals surface area (Å²) in [6, 6.07) is 18.8. The molecule has 0 saturated carbocycles. The van der Waals surface area contributed by atoms with Crippen molar-refractivity contribution in [3.63, 3.8) is 0 Å². The Hall–Kier alpha value is -3.08. The van der Waals surface area contributed by atoms with Crippen LogP contribution in [-0.2, 0) is 26.2 Å². The molecule has 3 aromatic rings. The predicted octanol–water partition coefficient (Wildman–Crippen LogP) is 5.25. The van der Waals surface area contributed by atoms with E-state index in [1.807, 2.05) is 31.2 Å². The molecule has 39 heavy (non-hydrogen) atoms. The van der Waals surface area contributed by atoms with Gasteiger partial charge in [0.1, 0.15) is 18.3 Å². The maximum atomic E-state index is 13.9. The maximum absolute atomic E-state index is 13.9. The third kappa shape index (κ3) is 7.74. The summed E-state index contributed by atoms with van der Waals surface area (Å²) in [4.78, 5) is 28.2. The molecule has 0 radical (unpaired) electrons. The topological polar surface area (TPSA) is 96.0 Å². The van der Waals surface area contributed by atoms with E-state index in [4.69, 9.17) is 16.3 Å². The second kappa shape index (κ2) is 13.8. The molecule has 2 amide bonds. The monoisotopic (exact) mass is 635 g/mol. The van der Waals surface area contributed by atoms with Gasteiger partial charge in [0, 0.05) is 22.6 Å². The Bertz CT molecular complexity index is 1390. The van der Waals surface area contributed by atoms with Crippen LogP contribution in [0, 0.1) is 0 Å². The molecule has 0 fully saturated rings. The summed E-state index contributed by atoms with van der Waals surface area (Å²) in [5.41, 5.74) is 0.883. The van der Waals surface area contributed by atoms with Crippen molar-refractivity contribution in [1.82, 2.24) is 10.2 Å². The lowest BCUT2D eigenvalue weighted by Crippen LogP contribution is -2.51. The van der Waals surface area contributed by atoms with Crippen LogP contribution < -0.4 is 14.4 Å². The van der Waals surface area contributed by atoms with Gasteiger partial charge in [-0.2, -0.15) is 0 Å². The first kappa shape index (κ1) is 30.5. The molecule has 0 aliphatic carbocycles. The number of sulfonamides is 1. The largest absolute Gasteiger partial charge is 0.495 e. The SMILES string of the molecule is CCCNC(=O)[C@@H](C)N(Cc1ccc(Br)cc1)C(=O)CN(c1cc(Cl)ccc1OC)S(=O)(=O)c1ccccc1. The standard InChI is InChI=1S/C28H31BrClN3O5S/c1-4-16-31-28(35)20(2)32(18-21-10-12-22(29)13-11-21)27(34)19-33(25-17-23(30)14-15-26(25)38-3)39(36,37)24-8-6-5-7-9-24/h5-15,17,20H,4,16,18-19H2,1-3H3,(H,31,35)/t20-/m1/s1. The molecule has 0 aliphatic heterocycles. The van der Waals surface area contributed by atoms with E-state index < -0.39 is 28.5 Å². The highest BCUT2D eigenvalue weighted by Gasteiger charge is 2.33. The molecule has 3 aromatic carbocycles. The number of halogens is 2. The Balaban J connectivity index is 2.07. The molecule has 0 aliphatic rings. The number of carbonyl (C=O) groups is 2. The summed E-state index contributed by atoms with van der Waals surface area (Å²) in [6.07, 6.45) is 0.733. The fraction of sp³-hybridized carbons (Fsp3) is 0.286. The van der Waals surface area contributed by atoms with Crippen molar-refractivity contribution >= 4 is 55.1 Å². The van der Waals surface area contributed by atoms with E-state index in [0.717, 1.165) is 20.8 Å². The zero-order valence-electron chi connectivity index (χ0n) is 21.9. The Morgan fingerprint density at radius 3 is 2.33 bits per heavy atom. The van der Waals surface area contributed by atoms with Gasteiger partial charge >= 0.3 is 0 Å². The maximum Gasteiger partial charge on any atom is 0.264 e. The summed E-state index contributed by atoms with van der Waals surface area (Å²) in [5.74, 6) is -0.682. The summed E-state index contributed by atoms with van der Waals surface area (Å²) >= 11 is 9.65. The Morgan fingerprint density at radius 2 is 1.72 bits per heavy atom. The number of hydrogen-bond donors (Lipinski definition) is 1. The zero-order valence-corrected chi connectivity index (χ0v) is 25.1. The van der Waals surface area contributed by atoms with Crippen LogP contribution in [0.25, 0.3) is 0 Å². The van der Waals surface area contributed by atoms with Crippen molar-refractivity contribution in [3.05, 3.63) is 87.9 Å². The number of nitrogens with zero attached hydrogens (tertiary/aromatic N) is 2. The van der Waals surface area contributed by atoms with E-state index in [1.165, 1.54) is 36.3 Å². The van der Waals surface area contributed by atoms with Crippen molar-refractivity contribution in [1.29, 1.82) is 0 Å². The molecule has 1 N–H and O–H groups in total. The number of hydrogen-bond acceptors (Lipinski definition) is 5. The Labute approximate surface area is 243 Å². The van der Waals surface area contributed by atoms with Gasteiger partial charge in [-0.15, -0.1) is 0 Å². The molecule has 1 atom stereocenters. The number of benzene rings is 3. The lowest BCUT2D eigenvalue weighted by atomic mass is 10.1. The number of carbonyl (C=O) groups excluding carboxylic acids is 2. The van der Waals surface area contributed by atoms with E-state index in [9.17, 15) is 18.0 Å². The number of methoxy groups -OCH3 is 1. The molecule has 11 heteroatoms. The van der Waals surface area contributed by atoms with Crippen molar-refractivity contribution in [3.8, 4) is 5.75 Å². The van der Waals surface area contributed by atoms with E-state index in [2.05, 4.69) is 21.2 Å². The number of ether oxygens (including phenoxy) is 1. The highest BCUT2D eigenvalue weighted by atomic mass is 79.9. The average molecular weight is 637 g/mol. The van der Waals surface area contributed by atoms with Crippen LogP contribution in [0.2, 0.25) is 5.02 Å². The lowest BCUT2D eigenvalue weighted by Gasteiger charge is -2.32. The highest BCUT2D eigenvalue weighted by molar-refractivity contribution is 9.10. The predicted molar refractivity (Wildman–Crippen MR) is 156 cm³/mol. The molecule has 0 aromatic heterocycles. The van der Waals surface area contributed by atoms with E-state index in [0.29, 0.717) is 6.54 Å². The quantitative estimate of drug-likeness (QED) is 0.293. The molecule has 0 unspecified atom stereocenters. The van der Waals surface area contributed by atoms with Gasteiger partial charge in [0.15, 0.2) is 0 Å². The Morgan fingerprint density at radius 1 is 1.05 bits per heavy atom. The minimum absolute atomic E-state index is 0.00646. The van der Waals surface area contributed by atoms with Crippen molar-refractivity contribution in [2.45, 2.75) is 37.8 Å². The van der Waals surface area contributed by atoms with Crippen LogP contribution >= 0.6 is 27.5 Å². The lowest BCUT2D eigenvalue weighted by molar-refractivity contribution is -0.139. The fourth-order valence-corrected chi connectivity index (χ4v) is 5.72. The summed E-state index contributed by atoms with van der Waals surface area (Å²) in [5, 5.41) is 3.09. The van der Waals surface area contributed by atoms with Crippen LogP contribution in [0.1, 0.15) is 25.8 Å². The Kier molecular flexibility index (Phi) is 10.8. The van der Waals surface area contributed by atoms with Gasteiger partial charge in [-0.25, -0.2) is 8.42 Å². The second-order valence-electron chi connectivity index (χ2n) is 8.76. The molecule has 0 bridgehead atoms. The van der Waals surface area contributed by atoms with Crippen LogP contribution in [0.15, 0.2) is 82.2 Å². The summed E-state index contributed by atoms with van der Waals surface area (Å²) in [7, 11) is -2.83. The van der Waals surface area contributed by atoms with Crippen molar-refractivity contribution in [2.24, 2.45) is 0 Å².